The Labute approximate surface area is 214 Å². The van der Waals surface area contributed by atoms with Gasteiger partial charge in [0.25, 0.3) is 0 Å². The molecule has 5 aromatic heterocycles. The first kappa shape index (κ1) is 23.3. The lowest BCUT2D eigenvalue weighted by atomic mass is 9.84. The lowest BCUT2D eigenvalue weighted by Crippen LogP contribution is -2.52. The van der Waals surface area contributed by atoms with Crippen molar-refractivity contribution in [3.05, 3.63) is 89.3 Å². The van der Waals surface area contributed by atoms with Gasteiger partial charge in [0.2, 0.25) is 22.6 Å². The molecule has 0 radical (unpaired) electrons. The third kappa shape index (κ3) is 3.20. The van der Waals surface area contributed by atoms with E-state index in [2.05, 4.69) is 118 Å². The monoisotopic (exact) mass is 494 g/mol. The molecule has 0 saturated carbocycles. The second kappa shape index (κ2) is 7.95. The number of aryl methyl sites for hydroxylation is 2. The van der Waals surface area contributed by atoms with Crippen LogP contribution in [0.15, 0.2) is 60.9 Å². The topological polar surface area (TPSA) is 33.8 Å². The predicted molar refractivity (Wildman–Crippen MR) is 148 cm³/mol. The summed E-state index contributed by atoms with van der Waals surface area (Å²) < 4.78 is 5.26. The van der Waals surface area contributed by atoms with E-state index in [1.807, 2.05) is 0 Å². The van der Waals surface area contributed by atoms with Crippen molar-refractivity contribution in [1.82, 2.24) is 9.97 Å². The van der Waals surface area contributed by atoms with Gasteiger partial charge < -0.3 is 0 Å². The van der Waals surface area contributed by atoms with E-state index >= 15 is 0 Å². The predicted octanol–water partition coefficient (Wildman–Crippen LogP) is 6.68. The maximum absolute atomic E-state index is 4.94. The van der Waals surface area contributed by atoms with Crippen LogP contribution < -0.4 is 8.50 Å². The molecule has 0 N–H and O–H groups in total. The maximum atomic E-state index is 4.94. The van der Waals surface area contributed by atoms with Crippen molar-refractivity contribution in [2.45, 2.75) is 72.1 Å². The number of fused-ring (bicyclic) bond motifs is 5. The summed E-state index contributed by atoms with van der Waals surface area (Å²) in [6.45, 7) is 15.9. The number of pyridine rings is 4. The summed E-state index contributed by atoms with van der Waals surface area (Å²) in [6.07, 6.45) is 6.17. The summed E-state index contributed by atoms with van der Waals surface area (Å²) in [5, 5.41) is 2.65. The smallest absolute Gasteiger partial charge is 0.260 e. The molecule has 36 heavy (non-hydrogen) atoms. The molecule has 1 aliphatic heterocycles. The van der Waals surface area contributed by atoms with Crippen LogP contribution in [0, 0.1) is 0 Å². The van der Waals surface area contributed by atoms with Crippen LogP contribution in [0.3, 0.4) is 0 Å². The standard InChI is InChI=1S/C31H35N4P/c1-8-20-16-21(9-2)32-18-22(20)24-12-10-14-28-31(6,7)29-15-11-13-25-23-19-33-27(30(3,4)5)17-26(23)36(34(24)28)35(25)29/h10-19H,8-9H2,1-7H3/q+2. The third-order valence-electron chi connectivity index (χ3n) is 7.80. The molecular weight excluding hydrogens is 459 g/mol. The summed E-state index contributed by atoms with van der Waals surface area (Å²) in [5.41, 5.74) is 10.0. The molecule has 0 bridgehead atoms. The SMILES string of the molecule is CCc1cc(CC)c(-c2cccc3[n+]2-p2c4cc(C(C)(C)C)ncc4c4cccc([n+]42)C3(C)C)cn1. The maximum Gasteiger partial charge on any atom is 0.448 e. The van der Waals surface area contributed by atoms with Gasteiger partial charge in [0, 0.05) is 53.5 Å². The molecule has 0 aliphatic carbocycles. The summed E-state index contributed by atoms with van der Waals surface area (Å²) in [7, 11) is -0.854. The molecule has 1 aliphatic rings. The highest BCUT2D eigenvalue weighted by Gasteiger charge is 2.50. The van der Waals surface area contributed by atoms with Gasteiger partial charge in [-0.1, -0.05) is 43.1 Å². The largest absolute Gasteiger partial charge is 0.448 e. The molecule has 5 heteroatoms. The molecule has 0 aromatic carbocycles. The van der Waals surface area contributed by atoms with E-state index in [4.69, 9.17) is 9.97 Å². The van der Waals surface area contributed by atoms with E-state index in [0.29, 0.717) is 0 Å². The van der Waals surface area contributed by atoms with Crippen LogP contribution in [0.25, 0.3) is 27.3 Å². The fourth-order valence-corrected chi connectivity index (χ4v) is 8.72. The Balaban J connectivity index is 1.80. The lowest BCUT2D eigenvalue weighted by Gasteiger charge is -2.23. The van der Waals surface area contributed by atoms with Gasteiger partial charge in [-0.05, 0) is 56.5 Å². The van der Waals surface area contributed by atoms with Crippen LogP contribution in [0.1, 0.15) is 76.8 Å². The van der Waals surface area contributed by atoms with Crippen molar-refractivity contribution < 1.29 is 8.50 Å². The first-order chi connectivity index (χ1) is 17.2. The van der Waals surface area contributed by atoms with Crippen molar-refractivity contribution >= 4 is 23.9 Å². The molecule has 6 heterocycles. The second-order valence-corrected chi connectivity index (χ2v) is 13.4. The summed E-state index contributed by atoms with van der Waals surface area (Å²) in [4.78, 5) is 9.78. The van der Waals surface area contributed by atoms with Crippen LogP contribution in [0.4, 0.5) is 0 Å². The third-order valence-corrected chi connectivity index (χ3v) is 10.2. The Kier molecular flexibility index (Phi) is 5.15. The molecular formula is C31H35N4P+2. The fourth-order valence-electron chi connectivity index (χ4n) is 5.68. The highest BCUT2D eigenvalue weighted by Crippen LogP contribution is 2.44. The summed E-state index contributed by atoms with van der Waals surface area (Å²) in [5.74, 6) is 0. The minimum atomic E-state index is -0.854. The highest BCUT2D eigenvalue weighted by molar-refractivity contribution is 7.42. The van der Waals surface area contributed by atoms with Crippen molar-refractivity contribution in [1.29, 1.82) is 0 Å². The Hall–Kier alpha value is -3.10. The van der Waals surface area contributed by atoms with Gasteiger partial charge >= 0.3 is 7.84 Å². The van der Waals surface area contributed by atoms with E-state index < -0.39 is 7.84 Å². The fraction of sp³-hybridized carbons (Fsp3) is 0.355. The number of rotatable bonds is 3. The molecule has 0 saturated heterocycles. The van der Waals surface area contributed by atoms with Gasteiger partial charge in [-0.25, -0.2) is 0 Å². The molecule has 1 unspecified atom stereocenters. The van der Waals surface area contributed by atoms with E-state index in [0.717, 1.165) is 24.2 Å². The van der Waals surface area contributed by atoms with Crippen LogP contribution in [0.5, 0.6) is 0 Å². The van der Waals surface area contributed by atoms with Crippen molar-refractivity contribution in [2.24, 2.45) is 0 Å². The van der Waals surface area contributed by atoms with Gasteiger partial charge in [-0.15, -0.1) is 0 Å². The van der Waals surface area contributed by atoms with Crippen molar-refractivity contribution in [3.8, 4) is 11.3 Å². The molecule has 182 valence electrons. The molecule has 0 fully saturated rings. The van der Waals surface area contributed by atoms with E-state index in [-0.39, 0.29) is 10.8 Å². The average Bonchev–Trinajstić information content (AvgIpc) is 3.20. The minimum Gasteiger partial charge on any atom is -0.260 e. The molecule has 4 nitrogen and oxygen atoms in total. The quantitative estimate of drug-likeness (QED) is 0.280. The van der Waals surface area contributed by atoms with Crippen molar-refractivity contribution in [3.63, 3.8) is 0 Å². The van der Waals surface area contributed by atoms with Crippen LogP contribution in [-0.2, 0) is 23.7 Å². The number of nitrogens with zero attached hydrogens (tertiary/aromatic N) is 4. The normalized spacial score (nSPS) is 14.9. The Bertz CT molecular complexity index is 1670. The number of hydrogen-bond donors (Lipinski definition) is 0. The molecule has 0 spiro atoms. The zero-order valence-corrected chi connectivity index (χ0v) is 23.3. The van der Waals surface area contributed by atoms with Gasteiger partial charge in [0.05, 0.1) is 10.9 Å². The summed E-state index contributed by atoms with van der Waals surface area (Å²) >= 11 is 0. The Morgan fingerprint density at radius 3 is 2.36 bits per heavy atom. The number of aromatic nitrogens is 4. The molecule has 5 aromatic rings. The second-order valence-electron chi connectivity index (χ2n) is 11.5. The zero-order chi connectivity index (χ0) is 25.4. The average molecular weight is 495 g/mol. The van der Waals surface area contributed by atoms with Gasteiger partial charge in [0.1, 0.15) is 10.5 Å². The van der Waals surface area contributed by atoms with Crippen LogP contribution in [-0.4, -0.2) is 9.97 Å². The van der Waals surface area contributed by atoms with Gasteiger partial charge in [-0.2, -0.15) is 0 Å². The molecule has 0 amide bonds. The van der Waals surface area contributed by atoms with Crippen LogP contribution in [0.2, 0.25) is 0 Å². The van der Waals surface area contributed by atoms with Crippen molar-refractivity contribution in [2.75, 3.05) is 0 Å². The van der Waals surface area contributed by atoms with E-state index in [1.165, 1.54) is 44.2 Å². The first-order valence-electron chi connectivity index (χ1n) is 13.1. The van der Waals surface area contributed by atoms with Gasteiger partial charge in [-0.3, -0.25) is 9.97 Å². The van der Waals surface area contributed by atoms with Gasteiger partial charge in [0.15, 0.2) is 0 Å². The van der Waals surface area contributed by atoms with E-state index in [9.17, 15) is 0 Å². The van der Waals surface area contributed by atoms with Crippen LogP contribution >= 0.6 is 7.84 Å². The highest BCUT2D eigenvalue weighted by atomic mass is 31.1. The number of hydrogen-bond acceptors (Lipinski definition) is 2. The molecule has 1 atom stereocenters. The summed E-state index contributed by atoms with van der Waals surface area (Å²) in [6, 6.07) is 18.3. The lowest BCUT2D eigenvalue weighted by molar-refractivity contribution is -0.593. The first-order valence-corrected chi connectivity index (χ1v) is 14.3. The Morgan fingerprint density at radius 1 is 0.889 bits per heavy atom. The Morgan fingerprint density at radius 2 is 1.64 bits per heavy atom. The molecule has 6 rings (SSSR count). The minimum absolute atomic E-state index is 0.00993. The zero-order valence-electron chi connectivity index (χ0n) is 22.4. The van der Waals surface area contributed by atoms with E-state index in [1.54, 1.807) is 0 Å².